The largest absolute Gasteiger partial charge is 0.464 e. The van der Waals surface area contributed by atoms with Gasteiger partial charge in [0.15, 0.2) is 10.3 Å². The Morgan fingerprint density at radius 2 is 2.15 bits per heavy atom. The Kier molecular flexibility index (Phi) is 4.70. The first-order chi connectivity index (χ1) is 9.47. The first-order valence-corrected chi connectivity index (χ1v) is 7.37. The molecule has 0 radical (unpaired) electrons. The zero-order valence-electron chi connectivity index (χ0n) is 11.4. The molecule has 0 fully saturated rings. The number of halogens is 2. The van der Waals surface area contributed by atoms with Crippen molar-refractivity contribution >= 4 is 29.2 Å². The standard InChI is InChI=1S/C13H16Cl2N2O3/c1-3-4-5-20-13(19)8-6-7(2)9-10(14)16-11(15)12(18)17(8)9/h7-8H,3-6H2,1-2H3/t7-,8-/m0/s1. The molecule has 2 rings (SSSR count). The van der Waals surface area contributed by atoms with Gasteiger partial charge < -0.3 is 4.74 Å². The lowest BCUT2D eigenvalue weighted by molar-refractivity contribution is -0.147. The normalized spacial score (nSPS) is 20.8. The molecule has 7 heteroatoms. The lowest BCUT2D eigenvalue weighted by atomic mass is 10.1. The minimum Gasteiger partial charge on any atom is -0.464 e. The van der Waals surface area contributed by atoms with Crippen LogP contribution in [0.25, 0.3) is 0 Å². The fourth-order valence-electron chi connectivity index (χ4n) is 2.42. The van der Waals surface area contributed by atoms with Gasteiger partial charge in [0.1, 0.15) is 6.04 Å². The minimum absolute atomic E-state index is 0.0382. The Morgan fingerprint density at radius 3 is 2.80 bits per heavy atom. The van der Waals surface area contributed by atoms with E-state index in [-0.39, 0.29) is 16.2 Å². The van der Waals surface area contributed by atoms with Crippen LogP contribution in [0.15, 0.2) is 4.79 Å². The van der Waals surface area contributed by atoms with Crippen molar-refractivity contribution in [2.45, 2.75) is 45.1 Å². The Labute approximate surface area is 126 Å². The summed E-state index contributed by atoms with van der Waals surface area (Å²) < 4.78 is 6.53. The fraction of sp³-hybridized carbons (Fsp3) is 0.615. The summed E-state index contributed by atoms with van der Waals surface area (Å²) >= 11 is 11.8. The summed E-state index contributed by atoms with van der Waals surface area (Å²) in [6.07, 6.45) is 2.21. The number of carbonyl (C=O) groups excluding carboxylic acids is 1. The number of ether oxygens (including phenoxy) is 1. The van der Waals surface area contributed by atoms with E-state index in [1.165, 1.54) is 4.57 Å². The molecule has 0 saturated carbocycles. The summed E-state index contributed by atoms with van der Waals surface area (Å²) in [5.41, 5.74) is 0.0615. The van der Waals surface area contributed by atoms with Crippen molar-refractivity contribution in [1.82, 2.24) is 9.55 Å². The Balaban J connectivity index is 2.34. The van der Waals surface area contributed by atoms with E-state index < -0.39 is 17.6 Å². The molecule has 0 spiro atoms. The second kappa shape index (κ2) is 6.14. The van der Waals surface area contributed by atoms with Gasteiger partial charge in [-0.2, -0.15) is 0 Å². The number of unbranched alkanes of at least 4 members (excludes halogenated alkanes) is 1. The fourth-order valence-corrected chi connectivity index (χ4v) is 3.00. The molecule has 2 atom stereocenters. The van der Waals surface area contributed by atoms with E-state index in [4.69, 9.17) is 27.9 Å². The Bertz CT molecular complexity index is 586. The Morgan fingerprint density at radius 1 is 1.45 bits per heavy atom. The van der Waals surface area contributed by atoms with E-state index in [1.54, 1.807) is 0 Å². The molecule has 20 heavy (non-hydrogen) atoms. The highest BCUT2D eigenvalue weighted by Crippen LogP contribution is 2.38. The molecule has 110 valence electrons. The lowest BCUT2D eigenvalue weighted by Gasteiger charge is -2.14. The third-order valence-electron chi connectivity index (χ3n) is 3.43. The monoisotopic (exact) mass is 318 g/mol. The number of hydrogen-bond acceptors (Lipinski definition) is 4. The van der Waals surface area contributed by atoms with E-state index >= 15 is 0 Å². The number of esters is 1. The third-order valence-corrected chi connectivity index (χ3v) is 3.96. The summed E-state index contributed by atoms with van der Waals surface area (Å²) in [6.45, 7) is 4.26. The third kappa shape index (κ3) is 2.69. The quantitative estimate of drug-likeness (QED) is 0.632. The molecule has 2 heterocycles. The highest BCUT2D eigenvalue weighted by molar-refractivity contribution is 6.32. The molecule has 0 bridgehead atoms. The van der Waals surface area contributed by atoms with Gasteiger partial charge in [-0.3, -0.25) is 9.36 Å². The van der Waals surface area contributed by atoms with Crippen molar-refractivity contribution in [2.75, 3.05) is 6.61 Å². The van der Waals surface area contributed by atoms with E-state index in [1.807, 2.05) is 13.8 Å². The molecule has 0 N–H and O–H groups in total. The van der Waals surface area contributed by atoms with E-state index in [0.29, 0.717) is 18.7 Å². The maximum absolute atomic E-state index is 12.1. The molecule has 0 amide bonds. The van der Waals surface area contributed by atoms with Crippen molar-refractivity contribution in [2.24, 2.45) is 0 Å². The van der Waals surface area contributed by atoms with Crippen LogP contribution in [-0.4, -0.2) is 22.1 Å². The van der Waals surface area contributed by atoms with E-state index in [2.05, 4.69) is 4.98 Å². The average molecular weight is 319 g/mol. The van der Waals surface area contributed by atoms with Crippen molar-refractivity contribution in [3.63, 3.8) is 0 Å². The van der Waals surface area contributed by atoms with Crippen molar-refractivity contribution < 1.29 is 9.53 Å². The molecule has 1 aliphatic rings. The summed E-state index contributed by atoms with van der Waals surface area (Å²) in [7, 11) is 0. The van der Waals surface area contributed by atoms with Gasteiger partial charge in [0.25, 0.3) is 5.56 Å². The van der Waals surface area contributed by atoms with Crippen LogP contribution in [0.3, 0.4) is 0 Å². The highest BCUT2D eigenvalue weighted by atomic mass is 35.5. The minimum atomic E-state index is -0.664. The highest BCUT2D eigenvalue weighted by Gasteiger charge is 2.37. The Hall–Kier alpha value is -1.07. The predicted octanol–water partition coefficient (Wildman–Crippen LogP) is 2.94. The SMILES string of the molecule is CCCCOC(=O)[C@@H]1C[C@H](C)c2c(Cl)nc(Cl)c(=O)n21. The molecular formula is C13H16Cl2N2O3. The van der Waals surface area contributed by atoms with Gasteiger partial charge in [0.05, 0.1) is 12.3 Å². The maximum Gasteiger partial charge on any atom is 0.329 e. The number of rotatable bonds is 4. The van der Waals surface area contributed by atoms with Gasteiger partial charge in [-0.25, -0.2) is 9.78 Å². The average Bonchev–Trinajstić information content (AvgIpc) is 2.74. The van der Waals surface area contributed by atoms with Gasteiger partial charge in [0.2, 0.25) is 0 Å². The van der Waals surface area contributed by atoms with Crippen molar-refractivity contribution in [3.8, 4) is 0 Å². The van der Waals surface area contributed by atoms with Gasteiger partial charge in [-0.15, -0.1) is 0 Å². The van der Waals surface area contributed by atoms with Crippen LogP contribution in [-0.2, 0) is 9.53 Å². The van der Waals surface area contributed by atoms with Crippen LogP contribution in [0.4, 0.5) is 0 Å². The van der Waals surface area contributed by atoms with Crippen LogP contribution in [0.5, 0.6) is 0 Å². The maximum atomic E-state index is 12.1. The lowest BCUT2D eigenvalue weighted by Crippen LogP contribution is -2.30. The molecule has 0 unspecified atom stereocenters. The topological polar surface area (TPSA) is 61.2 Å². The number of nitrogens with zero attached hydrogens (tertiary/aromatic N) is 2. The second-order valence-corrected chi connectivity index (χ2v) is 5.64. The van der Waals surface area contributed by atoms with E-state index in [9.17, 15) is 9.59 Å². The van der Waals surface area contributed by atoms with Crippen LogP contribution in [0.1, 0.15) is 50.8 Å². The molecule has 5 nitrogen and oxygen atoms in total. The van der Waals surface area contributed by atoms with Gasteiger partial charge in [0, 0.05) is 5.92 Å². The number of carbonyl (C=O) groups is 1. The molecule has 0 saturated heterocycles. The van der Waals surface area contributed by atoms with Crippen LogP contribution >= 0.6 is 23.2 Å². The second-order valence-electron chi connectivity index (χ2n) is 4.93. The van der Waals surface area contributed by atoms with Gasteiger partial charge >= 0.3 is 5.97 Å². The zero-order chi connectivity index (χ0) is 14.9. The molecule has 1 aliphatic heterocycles. The van der Waals surface area contributed by atoms with Crippen molar-refractivity contribution in [1.29, 1.82) is 0 Å². The summed E-state index contributed by atoms with van der Waals surface area (Å²) in [4.78, 5) is 28.0. The number of hydrogen-bond donors (Lipinski definition) is 0. The summed E-state index contributed by atoms with van der Waals surface area (Å²) in [6, 6.07) is -0.664. The van der Waals surface area contributed by atoms with Gasteiger partial charge in [-0.1, -0.05) is 43.5 Å². The smallest absolute Gasteiger partial charge is 0.329 e. The molecule has 0 aromatic carbocycles. The number of fused-ring (bicyclic) bond motifs is 1. The molecule has 1 aromatic heterocycles. The van der Waals surface area contributed by atoms with E-state index in [0.717, 1.165) is 12.8 Å². The number of aromatic nitrogens is 2. The summed E-state index contributed by atoms with van der Waals surface area (Å²) in [5, 5.41) is -0.0508. The van der Waals surface area contributed by atoms with Gasteiger partial charge in [-0.05, 0) is 12.8 Å². The first-order valence-electron chi connectivity index (χ1n) is 6.61. The molecular weight excluding hydrogens is 303 g/mol. The molecule has 1 aromatic rings. The van der Waals surface area contributed by atoms with Crippen LogP contribution in [0.2, 0.25) is 10.3 Å². The van der Waals surface area contributed by atoms with Crippen LogP contribution < -0.4 is 5.56 Å². The van der Waals surface area contributed by atoms with Crippen LogP contribution in [0, 0.1) is 0 Å². The predicted molar refractivity (Wildman–Crippen MR) is 76.5 cm³/mol. The summed E-state index contributed by atoms with van der Waals surface area (Å²) in [5.74, 6) is -0.451. The van der Waals surface area contributed by atoms with Crippen molar-refractivity contribution in [3.05, 3.63) is 26.4 Å². The first kappa shape index (κ1) is 15.3. The molecule has 0 aliphatic carbocycles. The zero-order valence-corrected chi connectivity index (χ0v) is 12.9.